The number of hydrogen-bond acceptors (Lipinski definition) is 2. The lowest BCUT2D eigenvalue weighted by molar-refractivity contribution is 0.0696. The van der Waals surface area contributed by atoms with E-state index in [0.717, 1.165) is 24.5 Å². The fraction of sp³-hybridized carbons (Fsp3) is 1.00. The largest absolute Gasteiger partial charge is 0.319 e. The van der Waals surface area contributed by atoms with E-state index in [1.807, 2.05) is 0 Å². The van der Waals surface area contributed by atoms with Gasteiger partial charge in [-0.05, 0) is 52.2 Å². The zero-order chi connectivity index (χ0) is 12.0. The molecule has 16 heavy (non-hydrogen) atoms. The van der Waals surface area contributed by atoms with Gasteiger partial charge in [0.05, 0.1) is 0 Å². The van der Waals surface area contributed by atoms with Gasteiger partial charge in [0.2, 0.25) is 0 Å². The Kier molecular flexibility index (Phi) is 6.37. The summed E-state index contributed by atoms with van der Waals surface area (Å²) in [5.74, 6) is 0.752. The van der Waals surface area contributed by atoms with E-state index in [2.05, 4.69) is 38.0 Å². The molecular weight excluding hydrogens is 196 g/mol. The highest BCUT2D eigenvalue weighted by Crippen LogP contribution is 2.25. The third-order valence-corrected chi connectivity index (χ3v) is 4.17. The van der Waals surface area contributed by atoms with Crippen molar-refractivity contribution in [1.82, 2.24) is 10.2 Å². The van der Waals surface area contributed by atoms with Crippen LogP contribution >= 0.6 is 0 Å². The lowest BCUT2D eigenvalue weighted by Crippen LogP contribution is -2.49. The summed E-state index contributed by atoms with van der Waals surface area (Å²) < 4.78 is 0. The molecule has 0 aliphatic carbocycles. The summed E-state index contributed by atoms with van der Waals surface area (Å²) in [5.41, 5.74) is 0. The van der Waals surface area contributed by atoms with Gasteiger partial charge in [0.1, 0.15) is 0 Å². The second-order valence-electron chi connectivity index (χ2n) is 5.45. The van der Waals surface area contributed by atoms with E-state index in [1.165, 1.54) is 38.6 Å². The molecule has 3 unspecified atom stereocenters. The van der Waals surface area contributed by atoms with Crippen LogP contribution in [-0.4, -0.2) is 37.1 Å². The van der Waals surface area contributed by atoms with Crippen molar-refractivity contribution >= 4 is 0 Å². The second kappa shape index (κ2) is 7.29. The number of hydrogen-bond donors (Lipinski definition) is 1. The minimum atomic E-state index is 0.726. The topological polar surface area (TPSA) is 15.3 Å². The van der Waals surface area contributed by atoms with Crippen LogP contribution in [0.4, 0.5) is 0 Å². The molecule has 0 saturated carbocycles. The molecule has 1 N–H and O–H groups in total. The molecular formula is C14H30N2. The van der Waals surface area contributed by atoms with Crippen LogP contribution in [0.25, 0.3) is 0 Å². The Hall–Kier alpha value is -0.0800. The van der Waals surface area contributed by atoms with Crippen molar-refractivity contribution < 1.29 is 0 Å². The van der Waals surface area contributed by atoms with E-state index in [0.29, 0.717) is 0 Å². The molecule has 2 heteroatoms. The van der Waals surface area contributed by atoms with Gasteiger partial charge in [-0.2, -0.15) is 0 Å². The number of nitrogens with one attached hydrogen (secondary N) is 1. The molecule has 1 fully saturated rings. The molecule has 1 saturated heterocycles. The SMILES string of the molecule is CCCC1CCCCN1C(C)C(C)CNC. The maximum Gasteiger partial charge on any atom is 0.0108 e. The first-order valence-corrected chi connectivity index (χ1v) is 7.11. The Balaban J connectivity index is 2.52. The summed E-state index contributed by atoms with van der Waals surface area (Å²) in [6.45, 7) is 9.56. The monoisotopic (exact) mass is 226 g/mol. The molecule has 0 aromatic carbocycles. The molecule has 2 nitrogen and oxygen atoms in total. The van der Waals surface area contributed by atoms with Crippen LogP contribution in [0.3, 0.4) is 0 Å². The average Bonchev–Trinajstić information content (AvgIpc) is 2.29. The van der Waals surface area contributed by atoms with Crippen LogP contribution in [-0.2, 0) is 0 Å². The van der Waals surface area contributed by atoms with Gasteiger partial charge in [0, 0.05) is 12.1 Å². The Morgan fingerprint density at radius 1 is 1.31 bits per heavy atom. The number of nitrogens with zero attached hydrogens (tertiary/aromatic N) is 1. The van der Waals surface area contributed by atoms with Crippen molar-refractivity contribution in [3.05, 3.63) is 0 Å². The molecule has 0 aromatic heterocycles. The summed E-state index contributed by atoms with van der Waals surface area (Å²) in [7, 11) is 2.06. The summed E-state index contributed by atoms with van der Waals surface area (Å²) in [6, 6.07) is 1.58. The Morgan fingerprint density at radius 2 is 2.06 bits per heavy atom. The highest BCUT2D eigenvalue weighted by Gasteiger charge is 2.28. The van der Waals surface area contributed by atoms with Gasteiger partial charge in [-0.15, -0.1) is 0 Å². The summed E-state index contributed by atoms with van der Waals surface area (Å²) in [4.78, 5) is 2.77. The summed E-state index contributed by atoms with van der Waals surface area (Å²) in [6.07, 6.45) is 6.97. The van der Waals surface area contributed by atoms with E-state index in [9.17, 15) is 0 Å². The van der Waals surface area contributed by atoms with Crippen LogP contribution in [0.2, 0.25) is 0 Å². The fourth-order valence-corrected chi connectivity index (χ4v) is 3.02. The first-order chi connectivity index (χ1) is 7.70. The quantitative estimate of drug-likeness (QED) is 0.749. The van der Waals surface area contributed by atoms with Crippen molar-refractivity contribution in [3.8, 4) is 0 Å². The van der Waals surface area contributed by atoms with Gasteiger partial charge >= 0.3 is 0 Å². The van der Waals surface area contributed by atoms with Crippen molar-refractivity contribution in [1.29, 1.82) is 0 Å². The highest BCUT2D eigenvalue weighted by molar-refractivity contribution is 4.83. The van der Waals surface area contributed by atoms with Gasteiger partial charge in [-0.3, -0.25) is 4.90 Å². The number of piperidine rings is 1. The standard InChI is InChI=1S/C14H30N2/c1-5-8-14-9-6-7-10-16(14)13(3)12(2)11-15-4/h12-15H,5-11H2,1-4H3. The minimum Gasteiger partial charge on any atom is -0.319 e. The molecule has 0 bridgehead atoms. The van der Waals surface area contributed by atoms with Crippen molar-refractivity contribution in [2.45, 2.75) is 65.0 Å². The molecule has 1 heterocycles. The van der Waals surface area contributed by atoms with Crippen LogP contribution < -0.4 is 5.32 Å². The maximum absolute atomic E-state index is 3.31. The van der Waals surface area contributed by atoms with Gasteiger partial charge in [-0.25, -0.2) is 0 Å². The summed E-state index contributed by atoms with van der Waals surface area (Å²) >= 11 is 0. The smallest absolute Gasteiger partial charge is 0.0108 e. The molecule has 0 amide bonds. The second-order valence-corrected chi connectivity index (χ2v) is 5.45. The fourth-order valence-electron chi connectivity index (χ4n) is 3.02. The first-order valence-electron chi connectivity index (χ1n) is 7.11. The van der Waals surface area contributed by atoms with Gasteiger partial charge < -0.3 is 5.32 Å². The lowest BCUT2D eigenvalue weighted by atomic mass is 9.92. The molecule has 1 aliphatic rings. The van der Waals surface area contributed by atoms with E-state index in [4.69, 9.17) is 0 Å². The lowest BCUT2D eigenvalue weighted by Gasteiger charge is -2.42. The Bertz CT molecular complexity index is 180. The Labute approximate surface area is 102 Å². The normalized spacial score (nSPS) is 26.6. The zero-order valence-electron chi connectivity index (χ0n) is 11.6. The van der Waals surface area contributed by atoms with E-state index >= 15 is 0 Å². The van der Waals surface area contributed by atoms with Crippen LogP contribution in [0.15, 0.2) is 0 Å². The first kappa shape index (κ1) is 14.0. The molecule has 1 aliphatic heterocycles. The maximum atomic E-state index is 3.31. The Morgan fingerprint density at radius 3 is 2.69 bits per heavy atom. The van der Waals surface area contributed by atoms with Gasteiger partial charge in [-0.1, -0.05) is 26.7 Å². The number of rotatable bonds is 6. The molecule has 0 spiro atoms. The van der Waals surface area contributed by atoms with Gasteiger partial charge in [0.25, 0.3) is 0 Å². The average molecular weight is 226 g/mol. The van der Waals surface area contributed by atoms with Crippen LogP contribution in [0.1, 0.15) is 52.9 Å². The predicted octanol–water partition coefficient (Wildman–Crippen LogP) is 2.89. The third-order valence-electron chi connectivity index (χ3n) is 4.17. The molecule has 0 radical (unpaired) electrons. The van der Waals surface area contributed by atoms with E-state index < -0.39 is 0 Å². The predicted molar refractivity (Wildman–Crippen MR) is 71.8 cm³/mol. The van der Waals surface area contributed by atoms with E-state index in [1.54, 1.807) is 0 Å². The highest BCUT2D eigenvalue weighted by atomic mass is 15.2. The van der Waals surface area contributed by atoms with E-state index in [-0.39, 0.29) is 0 Å². The third kappa shape index (κ3) is 3.74. The molecule has 1 rings (SSSR count). The molecule has 96 valence electrons. The van der Waals surface area contributed by atoms with Gasteiger partial charge in [0.15, 0.2) is 0 Å². The zero-order valence-corrected chi connectivity index (χ0v) is 11.6. The molecule has 0 aromatic rings. The van der Waals surface area contributed by atoms with Crippen LogP contribution in [0, 0.1) is 5.92 Å². The van der Waals surface area contributed by atoms with Crippen molar-refractivity contribution in [3.63, 3.8) is 0 Å². The summed E-state index contributed by atoms with van der Waals surface area (Å²) in [5, 5.41) is 3.31. The number of likely N-dealkylation sites (tertiary alicyclic amines) is 1. The van der Waals surface area contributed by atoms with Crippen LogP contribution in [0.5, 0.6) is 0 Å². The molecule has 3 atom stereocenters. The minimum absolute atomic E-state index is 0.726. The van der Waals surface area contributed by atoms with Crippen molar-refractivity contribution in [2.75, 3.05) is 20.1 Å². The van der Waals surface area contributed by atoms with Crippen molar-refractivity contribution in [2.24, 2.45) is 5.92 Å².